The predicted octanol–water partition coefficient (Wildman–Crippen LogP) is 3.94. The Hall–Kier alpha value is -1.82. The number of amides is 1. The lowest BCUT2D eigenvalue weighted by Gasteiger charge is -2.40. The first-order valence-electron chi connectivity index (χ1n) is 8.80. The van der Waals surface area contributed by atoms with Gasteiger partial charge in [-0.1, -0.05) is 6.08 Å². The smallest absolute Gasteiger partial charge is 0.327 e. The van der Waals surface area contributed by atoms with Crippen molar-refractivity contribution in [3.8, 4) is 0 Å². The molecular weight excluding hydrogens is 329 g/mol. The summed E-state index contributed by atoms with van der Waals surface area (Å²) >= 11 is 0. The summed E-state index contributed by atoms with van der Waals surface area (Å²) in [6, 6.07) is 3.01. The number of piperazine rings is 1. The Balaban J connectivity index is 1.95. The van der Waals surface area contributed by atoms with Gasteiger partial charge in [0.25, 0.3) is 5.91 Å². The van der Waals surface area contributed by atoms with Crippen LogP contribution in [-0.4, -0.2) is 30.4 Å². The van der Waals surface area contributed by atoms with E-state index in [0.717, 1.165) is 31.3 Å². The Labute approximate surface area is 144 Å². The second-order valence-electron chi connectivity index (χ2n) is 7.33. The van der Waals surface area contributed by atoms with E-state index in [4.69, 9.17) is 0 Å². The first kappa shape index (κ1) is 16.6. The second kappa shape index (κ2) is 5.59. The van der Waals surface area contributed by atoms with E-state index in [2.05, 4.69) is 5.32 Å². The molecule has 1 amide bonds. The molecule has 3 aliphatic rings. The van der Waals surface area contributed by atoms with Gasteiger partial charge >= 0.3 is 6.18 Å². The number of allylic oxidation sites excluding steroid dienone is 2. The first-order valence-corrected chi connectivity index (χ1v) is 8.80. The van der Waals surface area contributed by atoms with Crippen LogP contribution in [-0.2, 0) is 11.7 Å². The molecule has 0 saturated carbocycles. The number of alkyl halides is 3. The standard InChI is InChI=1S/C19H21F3N2O/c1-18-11-23-7-8-24(18)17(25)16-14(18)9-13(10-15(16)19(20,21)22)12-5-3-2-4-6-12/h5,9-10,23H,2-4,6-8,11H2,1H3/t18-/m0/s1. The van der Waals surface area contributed by atoms with Gasteiger partial charge in [-0.25, -0.2) is 0 Å². The highest BCUT2D eigenvalue weighted by molar-refractivity contribution is 6.02. The number of halogens is 3. The van der Waals surface area contributed by atoms with E-state index in [1.54, 1.807) is 4.90 Å². The largest absolute Gasteiger partial charge is 0.417 e. The highest BCUT2D eigenvalue weighted by atomic mass is 19.4. The zero-order valence-corrected chi connectivity index (χ0v) is 14.2. The molecule has 6 heteroatoms. The van der Waals surface area contributed by atoms with Crippen LogP contribution in [0.3, 0.4) is 0 Å². The number of hydrogen-bond donors (Lipinski definition) is 1. The lowest BCUT2D eigenvalue weighted by atomic mass is 9.84. The van der Waals surface area contributed by atoms with E-state index in [-0.39, 0.29) is 5.56 Å². The first-order chi connectivity index (χ1) is 11.8. The minimum atomic E-state index is -4.54. The van der Waals surface area contributed by atoms with Crippen molar-refractivity contribution >= 4 is 11.5 Å². The van der Waals surface area contributed by atoms with Gasteiger partial charge in [0.1, 0.15) is 0 Å². The molecule has 0 bridgehead atoms. The fourth-order valence-electron chi connectivity index (χ4n) is 4.37. The molecule has 2 aliphatic heterocycles. The molecule has 134 valence electrons. The molecule has 4 rings (SSSR count). The molecule has 1 saturated heterocycles. The predicted molar refractivity (Wildman–Crippen MR) is 89.1 cm³/mol. The van der Waals surface area contributed by atoms with Crippen LogP contribution >= 0.6 is 0 Å². The van der Waals surface area contributed by atoms with Crippen molar-refractivity contribution in [2.75, 3.05) is 19.6 Å². The molecule has 1 N–H and O–H groups in total. The normalized spacial score (nSPS) is 26.3. The van der Waals surface area contributed by atoms with Crippen molar-refractivity contribution in [3.63, 3.8) is 0 Å². The monoisotopic (exact) mass is 350 g/mol. The van der Waals surface area contributed by atoms with Crippen molar-refractivity contribution in [1.82, 2.24) is 10.2 Å². The van der Waals surface area contributed by atoms with Crippen LogP contribution < -0.4 is 5.32 Å². The Morgan fingerprint density at radius 2 is 2.04 bits per heavy atom. The summed E-state index contributed by atoms with van der Waals surface area (Å²) in [6.07, 6.45) is 1.27. The summed E-state index contributed by atoms with van der Waals surface area (Å²) in [7, 11) is 0. The van der Waals surface area contributed by atoms with Crippen LogP contribution in [0.2, 0.25) is 0 Å². The molecule has 0 unspecified atom stereocenters. The van der Waals surface area contributed by atoms with Gasteiger partial charge in [0.2, 0.25) is 0 Å². The summed E-state index contributed by atoms with van der Waals surface area (Å²) in [6.45, 7) is 3.38. The van der Waals surface area contributed by atoms with E-state index in [1.807, 2.05) is 19.1 Å². The molecule has 3 nitrogen and oxygen atoms in total. The molecule has 0 spiro atoms. The van der Waals surface area contributed by atoms with Gasteiger partial charge in [-0.2, -0.15) is 13.2 Å². The maximum absolute atomic E-state index is 13.8. The third-order valence-electron chi connectivity index (χ3n) is 5.72. The Morgan fingerprint density at radius 1 is 1.24 bits per heavy atom. The molecular formula is C19H21F3N2O. The van der Waals surface area contributed by atoms with Gasteiger partial charge < -0.3 is 10.2 Å². The number of nitrogens with zero attached hydrogens (tertiary/aromatic N) is 1. The van der Waals surface area contributed by atoms with Gasteiger partial charge in [0.15, 0.2) is 0 Å². The van der Waals surface area contributed by atoms with E-state index < -0.39 is 23.2 Å². The summed E-state index contributed by atoms with van der Waals surface area (Å²) in [4.78, 5) is 14.4. The third-order valence-corrected chi connectivity index (χ3v) is 5.72. The van der Waals surface area contributed by atoms with Gasteiger partial charge in [-0.15, -0.1) is 0 Å². The maximum atomic E-state index is 13.8. The van der Waals surface area contributed by atoms with Crippen molar-refractivity contribution in [2.45, 2.75) is 44.3 Å². The van der Waals surface area contributed by atoms with Crippen LogP contribution in [0.15, 0.2) is 18.2 Å². The molecule has 1 aromatic rings. The molecule has 1 fully saturated rings. The summed E-state index contributed by atoms with van der Waals surface area (Å²) in [5.74, 6) is -0.490. The highest BCUT2D eigenvalue weighted by Gasteiger charge is 2.51. The quantitative estimate of drug-likeness (QED) is 0.832. The van der Waals surface area contributed by atoms with Gasteiger partial charge in [-0.3, -0.25) is 4.79 Å². The van der Waals surface area contributed by atoms with Crippen molar-refractivity contribution in [1.29, 1.82) is 0 Å². The molecule has 0 radical (unpaired) electrons. The summed E-state index contributed by atoms with van der Waals surface area (Å²) < 4.78 is 41.3. The number of rotatable bonds is 1. The van der Waals surface area contributed by atoms with Gasteiger partial charge in [0, 0.05) is 19.6 Å². The lowest BCUT2D eigenvalue weighted by molar-refractivity contribution is -0.138. The molecule has 1 aromatic carbocycles. The number of carbonyl (C=O) groups excluding carboxylic acids is 1. The van der Waals surface area contributed by atoms with E-state index in [1.165, 1.54) is 6.07 Å². The Morgan fingerprint density at radius 3 is 2.72 bits per heavy atom. The van der Waals surface area contributed by atoms with Crippen LogP contribution in [0.25, 0.3) is 5.57 Å². The average molecular weight is 350 g/mol. The summed E-state index contributed by atoms with van der Waals surface area (Å²) in [5, 5.41) is 3.23. The molecule has 1 atom stereocenters. The number of hydrogen-bond acceptors (Lipinski definition) is 2. The number of nitrogens with one attached hydrogen (secondary N) is 1. The lowest BCUT2D eigenvalue weighted by Crippen LogP contribution is -2.55. The van der Waals surface area contributed by atoms with E-state index in [0.29, 0.717) is 30.8 Å². The second-order valence-corrected chi connectivity index (χ2v) is 7.33. The fraction of sp³-hybridized carbons (Fsp3) is 0.526. The third kappa shape index (κ3) is 2.49. The number of fused-ring (bicyclic) bond motifs is 3. The van der Waals surface area contributed by atoms with Crippen LogP contribution in [0.4, 0.5) is 13.2 Å². The van der Waals surface area contributed by atoms with Crippen molar-refractivity contribution < 1.29 is 18.0 Å². The highest BCUT2D eigenvalue weighted by Crippen LogP contribution is 2.47. The molecule has 2 heterocycles. The molecule has 25 heavy (non-hydrogen) atoms. The van der Waals surface area contributed by atoms with E-state index in [9.17, 15) is 18.0 Å². The van der Waals surface area contributed by atoms with Crippen LogP contribution in [0, 0.1) is 0 Å². The maximum Gasteiger partial charge on any atom is 0.417 e. The zero-order chi connectivity index (χ0) is 17.8. The van der Waals surface area contributed by atoms with Gasteiger partial charge in [0.05, 0.1) is 16.7 Å². The van der Waals surface area contributed by atoms with Crippen molar-refractivity contribution in [2.24, 2.45) is 0 Å². The van der Waals surface area contributed by atoms with Crippen LogP contribution in [0.5, 0.6) is 0 Å². The topological polar surface area (TPSA) is 32.3 Å². The molecule has 0 aromatic heterocycles. The minimum Gasteiger partial charge on any atom is -0.327 e. The van der Waals surface area contributed by atoms with Crippen molar-refractivity contribution in [3.05, 3.63) is 40.5 Å². The summed E-state index contributed by atoms with van der Waals surface area (Å²) in [5.41, 5.74) is 0.451. The molecule has 1 aliphatic carbocycles. The zero-order valence-electron chi connectivity index (χ0n) is 14.2. The van der Waals surface area contributed by atoms with Gasteiger partial charge in [-0.05, 0) is 61.4 Å². The number of carbonyl (C=O) groups is 1. The number of benzene rings is 1. The fourth-order valence-corrected chi connectivity index (χ4v) is 4.37. The Kier molecular flexibility index (Phi) is 3.72. The van der Waals surface area contributed by atoms with Crippen LogP contribution in [0.1, 0.15) is 59.7 Å². The SMILES string of the molecule is C[C@@]12CNCCN1C(=O)c1c(C(F)(F)F)cc(C3=CCCCC3)cc12. The van der Waals surface area contributed by atoms with E-state index >= 15 is 0 Å². The Bertz CT molecular complexity index is 769. The average Bonchev–Trinajstić information content (AvgIpc) is 2.82. The minimum absolute atomic E-state index is 0.154.